The van der Waals surface area contributed by atoms with Gasteiger partial charge in [0.1, 0.15) is 0 Å². The van der Waals surface area contributed by atoms with Crippen LogP contribution in [-0.2, 0) is 9.53 Å². The lowest BCUT2D eigenvalue weighted by Crippen LogP contribution is -2.18. The van der Waals surface area contributed by atoms with Crippen molar-refractivity contribution in [3.63, 3.8) is 0 Å². The van der Waals surface area contributed by atoms with E-state index in [0.29, 0.717) is 0 Å². The molecule has 0 aromatic carbocycles. The predicted molar refractivity (Wildman–Crippen MR) is 58.6 cm³/mol. The highest BCUT2D eigenvalue weighted by Gasteiger charge is 2.20. The molecule has 0 heterocycles. The third-order valence-electron chi connectivity index (χ3n) is 2.14. The minimum Gasteiger partial charge on any atom is -0.469 e. The number of nitrogens with two attached hydrogens (primary N) is 1. The fraction of sp³-hybridized carbons (Fsp3) is 0.727. The Morgan fingerprint density at radius 3 is 2.00 bits per heavy atom. The molecular formula is C11H21NO2. The van der Waals surface area contributed by atoms with Crippen molar-refractivity contribution < 1.29 is 9.53 Å². The molecule has 0 atom stereocenters. The largest absolute Gasteiger partial charge is 0.469 e. The number of ether oxygens (including phenoxy) is 1. The Morgan fingerprint density at radius 1 is 1.21 bits per heavy atom. The zero-order chi connectivity index (χ0) is 11.4. The van der Waals surface area contributed by atoms with E-state index in [1.165, 1.54) is 33.4 Å². The average Bonchev–Trinajstić information content (AvgIpc) is 2.34. The highest BCUT2D eigenvalue weighted by atomic mass is 16.5. The summed E-state index contributed by atoms with van der Waals surface area (Å²) in [4.78, 5) is 10.9. The van der Waals surface area contributed by atoms with E-state index in [1.807, 2.05) is 0 Å². The van der Waals surface area contributed by atoms with Crippen LogP contribution in [0.3, 0.4) is 0 Å². The zero-order valence-electron chi connectivity index (χ0n) is 9.16. The van der Waals surface area contributed by atoms with Gasteiger partial charge in [0.05, 0.1) is 13.0 Å². The summed E-state index contributed by atoms with van der Waals surface area (Å²) in [6.45, 7) is 0. The molecule has 3 nitrogen and oxygen atoms in total. The lowest BCUT2D eigenvalue weighted by Gasteiger charge is -2.18. The molecule has 1 rings (SSSR count). The maximum atomic E-state index is 10.9. The summed E-state index contributed by atoms with van der Waals surface area (Å²) in [6, 6.07) is 0. The van der Waals surface area contributed by atoms with Crippen molar-refractivity contribution >= 4 is 5.97 Å². The standard InChI is InChI=1S/C8H14O2.C2H2.CH5N/c1-10-8(9)7-5-3-2-4-6-7;2*1-2/h7H,2-6H2,1H3;1-2H;2H2,1H3. The van der Waals surface area contributed by atoms with E-state index in [0.717, 1.165) is 12.8 Å². The molecule has 14 heavy (non-hydrogen) atoms. The number of hydrogen-bond donors (Lipinski definition) is 1. The van der Waals surface area contributed by atoms with Crippen molar-refractivity contribution in [3.8, 4) is 12.8 Å². The summed E-state index contributed by atoms with van der Waals surface area (Å²) < 4.78 is 4.65. The van der Waals surface area contributed by atoms with Crippen molar-refractivity contribution in [1.82, 2.24) is 0 Å². The molecule has 1 fully saturated rings. The fourth-order valence-corrected chi connectivity index (χ4v) is 1.50. The van der Waals surface area contributed by atoms with Gasteiger partial charge in [-0.25, -0.2) is 0 Å². The predicted octanol–water partition coefficient (Wildman–Crippen LogP) is 1.56. The van der Waals surface area contributed by atoms with E-state index in [2.05, 4.69) is 23.3 Å². The molecular weight excluding hydrogens is 178 g/mol. The Balaban J connectivity index is 0. The fourth-order valence-electron chi connectivity index (χ4n) is 1.50. The van der Waals surface area contributed by atoms with Crippen LogP contribution in [0.2, 0.25) is 0 Å². The van der Waals surface area contributed by atoms with Crippen molar-refractivity contribution in [2.24, 2.45) is 11.7 Å². The molecule has 3 heteroatoms. The Bertz CT molecular complexity index is 149. The average molecular weight is 199 g/mol. The summed E-state index contributed by atoms with van der Waals surface area (Å²) in [7, 11) is 2.97. The number of carbonyl (C=O) groups is 1. The second-order valence-corrected chi connectivity index (χ2v) is 2.86. The van der Waals surface area contributed by atoms with Gasteiger partial charge < -0.3 is 10.5 Å². The van der Waals surface area contributed by atoms with Gasteiger partial charge in [0.2, 0.25) is 0 Å². The quantitative estimate of drug-likeness (QED) is 0.515. The van der Waals surface area contributed by atoms with E-state index in [9.17, 15) is 4.79 Å². The number of rotatable bonds is 1. The Kier molecular flexibility index (Phi) is 13.2. The summed E-state index contributed by atoms with van der Waals surface area (Å²) in [6.07, 6.45) is 13.7. The minimum atomic E-state index is -0.0142. The van der Waals surface area contributed by atoms with E-state index < -0.39 is 0 Å². The maximum Gasteiger partial charge on any atom is 0.308 e. The molecule has 82 valence electrons. The summed E-state index contributed by atoms with van der Waals surface area (Å²) in [5, 5.41) is 0. The topological polar surface area (TPSA) is 52.3 Å². The first-order valence-electron chi connectivity index (χ1n) is 4.83. The first-order chi connectivity index (χ1) is 6.84. The van der Waals surface area contributed by atoms with Crippen molar-refractivity contribution in [2.75, 3.05) is 14.2 Å². The van der Waals surface area contributed by atoms with Crippen LogP contribution < -0.4 is 5.73 Å². The van der Waals surface area contributed by atoms with E-state index in [-0.39, 0.29) is 11.9 Å². The van der Waals surface area contributed by atoms with Gasteiger partial charge in [0.25, 0.3) is 0 Å². The van der Waals surface area contributed by atoms with Crippen LogP contribution in [-0.4, -0.2) is 20.1 Å². The molecule has 0 saturated heterocycles. The number of methoxy groups -OCH3 is 1. The second kappa shape index (κ2) is 12.0. The third kappa shape index (κ3) is 6.50. The lowest BCUT2D eigenvalue weighted by molar-refractivity contribution is -0.146. The molecule has 0 spiro atoms. The Morgan fingerprint density at radius 2 is 1.64 bits per heavy atom. The van der Waals surface area contributed by atoms with Crippen molar-refractivity contribution in [1.29, 1.82) is 0 Å². The number of esters is 1. The Labute approximate surface area is 87.0 Å². The number of carbonyl (C=O) groups excluding carboxylic acids is 1. The molecule has 0 aromatic rings. The van der Waals surface area contributed by atoms with Gasteiger partial charge in [-0.15, -0.1) is 12.8 Å². The third-order valence-corrected chi connectivity index (χ3v) is 2.14. The van der Waals surface area contributed by atoms with Crippen LogP contribution in [0.1, 0.15) is 32.1 Å². The summed E-state index contributed by atoms with van der Waals surface area (Å²) >= 11 is 0. The molecule has 1 aliphatic rings. The van der Waals surface area contributed by atoms with Crippen LogP contribution in [0.25, 0.3) is 0 Å². The molecule has 2 N–H and O–H groups in total. The van der Waals surface area contributed by atoms with Crippen molar-refractivity contribution in [3.05, 3.63) is 0 Å². The monoisotopic (exact) mass is 199 g/mol. The molecule has 1 saturated carbocycles. The van der Waals surface area contributed by atoms with Gasteiger partial charge in [-0.1, -0.05) is 19.3 Å². The van der Waals surface area contributed by atoms with Gasteiger partial charge in [-0.05, 0) is 19.9 Å². The van der Waals surface area contributed by atoms with Gasteiger partial charge in [-0.2, -0.15) is 0 Å². The van der Waals surface area contributed by atoms with Crippen LogP contribution in [0.5, 0.6) is 0 Å². The maximum absolute atomic E-state index is 10.9. The molecule has 0 aliphatic heterocycles. The highest BCUT2D eigenvalue weighted by Crippen LogP contribution is 2.24. The molecule has 0 radical (unpaired) electrons. The highest BCUT2D eigenvalue weighted by molar-refractivity contribution is 5.72. The van der Waals surface area contributed by atoms with Crippen LogP contribution >= 0.6 is 0 Å². The normalized spacial score (nSPS) is 15.2. The van der Waals surface area contributed by atoms with Gasteiger partial charge in [-0.3, -0.25) is 4.79 Å². The summed E-state index contributed by atoms with van der Waals surface area (Å²) in [5.41, 5.74) is 4.50. The minimum absolute atomic E-state index is 0.0142. The molecule has 0 bridgehead atoms. The molecule has 1 aliphatic carbocycles. The number of terminal acetylenes is 1. The zero-order valence-corrected chi connectivity index (χ0v) is 9.16. The second-order valence-electron chi connectivity index (χ2n) is 2.86. The first-order valence-corrected chi connectivity index (χ1v) is 4.83. The first kappa shape index (κ1) is 15.5. The molecule has 0 amide bonds. The van der Waals surface area contributed by atoms with Gasteiger partial charge >= 0.3 is 5.97 Å². The van der Waals surface area contributed by atoms with Crippen LogP contribution in [0, 0.1) is 18.8 Å². The lowest BCUT2D eigenvalue weighted by atomic mass is 9.89. The van der Waals surface area contributed by atoms with E-state index in [4.69, 9.17) is 0 Å². The van der Waals surface area contributed by atoms with E-state index in [1.54, 1.807) is 0 Å². The summed E-state index contributed by atoms with van der Waals surface area (Å²) in [5.74, 6) is 0.193. The van der Waals surface area contributed by atoms with Crippen LogP contribution in [0.15, 0.2) is 0 Å². The molecule has 0 aromatic heterocycles. The van der Waals surface area contributed by atoms with Crippen LogP contribution in [0.4, 0.5) is 0 Å². The SMILES string of the molecule is C#C.CN.COC(=O)C1CCCCC1. The number of hydrogen-bond acceptors (Lipinski definition) is 3. The smallest absolute Gasteiger partial charge is 0.308 e. The van der Waals surface area contributed by atoms with E-state index >= 15 is 0 Å². The van der Waals surface area contributed by atoms with Crippen molar-refractivity contribution in [2.45, 2.75) is 32.1 Å². The molecule has 0 unspecified atom stereocenters. The van der Waals surface area contributed by atoms with Gasteiger partial charge in [0, 0.05) is 0 Å². The Hall–Kier alpha value is -1.01. The van der Waals surface area contributed by atoms with Gasteiger partial charge in [0.15, 0.2) is 0 Å².